The molecule has 0 aliphatic heterocycles. The third kappa shape index (κ3) is 6.32. The summed E-state index contributed by atoms with van der Waals surface area (Å²) < 4.78 is 0. The number of carbonyl (C=O) groups is 1. The van der Waals surface area contributed by atoms with Crippen molar-refractivity contribution in [2.75, 3.05) is 29.0 Å². The molecule has 0 radical (unpaired) electrons. The van der Waals surface area contributed by atoms with Gasteiger partial charge in [-0.25, -0.2) is 9.78 Å². The van der Waals surface area contributed by atoms with Crippen LogP contribution in [-0.4, -0.2) is 34.3 Å². The largest absolute Gasteiger partial charge is 0.367 e. The van der Waals surface area contributed by atoms with Gasteiger partial charge in [0.15, 0.2) is 5.82 Å². The third-order valence-corrected chi connectivity index (χ3v) is 4.23. The van der Waals surface area contributed by atoms with E-state index in [4.69, 9.17) is 11.6 Å². The quantitative estimate of drug-likeness (QED) is 0.436. The van der Waals surface area contributed by atoms with Crippen LogP contribution in [0.1, 0.15) is 11.1 Å². The minimum atomic E-state index is -0.325. The van der Waals surface area contributed by atoms with Crippen molar-refractivity contribution in [3.8, 4) is 0 Å². The fraction of sp³-hybridized carbons (Fsp3) is 0.200. The fourth-order valence-corrected chi connectivity index (χ4v) is 2.70. The van der Waals surface area contributed by atoms with Gasteiger partial charge in [-0.2, -0.15) is 0 Å². The first-order valence-electron chi connectivity index (χ1n) is 9.08. The summed E-state index contributed by atoms with van der Waals surface area (Å²) in [4.78, 5) is 16.2. The lowest BCUT2D eigenvalue weighted by Crippen LogP contribution is -2.32. The lowest BCUT2D eigenvalue weighted by atomic mass is 10.2. The van der Waals surface area contributed by atoms with Gasteiger partial charge in [0.2, 0.25) is 0 Å². The van der Waals surface area contributed by atoms with E-state index in [1.807, 2.05) is 32.0 Å². The highest BCUT2D eigenvalue weighted by Crippen LogP contribution is 2.22. The zero-order valence-electron chi connectivity index (χ0n) is 16.2. The van der Waals surface area contributed by atoms with Crippen molar-refractivity contribution in [1.82, 2.24) is 20.5 Å². The first-order valence-corrected chi connectivity index (χ1v) is 9.46. The smallest absolute Gasteiger partial charge is 0.319 e. The predicted molar refractivity (Wildman–Crippen MR) is 116 cm³/mol. The predicted octanol–water partition coefficient (Wildman–Crippen LogP) is 4.12. The molecule has 8 nitrogen and oxygen atoms in total. The van der Waals surface area contributed by atoms with Gasteiger partial charge in [0.1, 0.15) is 11.6 Å². The molecule has 0 saturated heterocycles. The Morgan fingerprint density at radius 2 is 1.66 bits per heavy atom. The van der Waals surface area contributed by atoms with Gasteiger partial charge in [-0.3, -0.25) is 0 Å². The minimum absolute atomic E-state index is 0.325. The first kappa shape index (κ1) is 20.3. The average molecular weight is 412 g/mol. The van der Waals surface area contributed by atoms with Gasteiger partial charge in [-0.15, -0.1) is 10.2 Å². The van der Waals surface area contributed by atoms with Crippen LogP contribution < -0.4 is 21.3 Å². The summed E-state index contributed by atoms with van der Waals surface area (Å²) in [6, 6.07) is 12.6. The Bertz CT molecular complexity index is 962. The standard InChI is InChI=1S/C20H22ClN7O/c1-13-3-5-16(15(21)11-13)25-20(29)23-10-9-22-18-7-8-19(28-27-18)26-17-6-4-14(2)12-24-17/h3-8,11-12H,9-10H2,1-2H3,(H,22,27)(H2,23,25,29)(H,24,26,28). The molecular weight excluding hydrogens is 390 g/mol. The van der Waals surface area contributed by atoms with E-state index in [2.05, 4.69) is 36.4 Å². The molecule has 2 aromatic heterocycles. The average Bonchev–Trinajstić information content (AvgIpc) is 2.70. The highest BCUT2D eigenvalue weighted by Gasteiger charge is 2.05. The number of pyridine rings is 1. The van der Waals surface area contributed by atoms with E-state index in [0.29, 0.717) is 41.3 Å². The number of aromatic nitrogens is 3. The van der Waals surface area contributed by atoms with Gasteiger partial charge in [-0.1, -0.05) is 23.7 Å². The number of hydrogen-bond donors (Lipinski definition) is 4. The van der Waals surface area contributed by atoms with Crippen molar-refractivity contribution in [2.24, 2.45) is 0 Å². The molecule has 0 fully saturated rings. The number of carbonyl (C=O) groups excluding carboxylic acids is 1. The zero-order chi connectivity index (χ0) is 20.6. The Balaban J connectivity index is 1.40. The van der Waals surface area contributed by atoms with Crippen molar-refractivity contribution in [3.05, 3.63) is 64.8 Å². The maximum atomic E-state index is 11.9. The molecule has 4 N–H and O–H groups in total. The topological polar surface area (TPSA) is 104 Å². The Morgan fingerprint density at radius 1 is 0.931 bits per heavy atom. The summed E-state index contributed by atoms with van der Waals surface area (Å²) in [5, 5.41) is 20.4. The number of nitrogens with one attached hydrogen (secondary N) is 4. The highest BCUT2D eigenvalue weighted by molar-refractivity contribution is 6.33. The Kier molecular flexibility index (Phi) is 6.80. The molecule has 0 saturated carbocycles. The summed E-state index contributed by atoms with van der Waals surface area (Å²) in [5.41, 5.74) is 2.69. The summed E-state index contributed by atoms with van der Waals surface area (Å²) in [6.07, 6.45) is 1.78. The molecule has 0 atom stereocenters. The molecule has 0 bridgehead atoms. The summed E-state index contributed by atoms with van der Waals surface area (Å²) >= 11 is 6.11. The van der Waals surface area contributed by atoms with Gasteiger partial charge < -0.3 is 21.3 Å². The normalized spacial score (nSPS) is 10.3. The summed E-state index contributed by atoms with van der Waals surface area (Å²) in [5.74, 6) is 1.91. The summed E-state index contributed by atoms with van der Waals surface area (Å²) in [7, 11) is 0. The zero-order valence-corrected chi connectivity index (χ0v) is 16.9. The van der Waals surface area contributed by atoms with Crippen molar-refractivity contribution in [2.45, 2.75) is 13.8 Å². The number of benzene rings is 1. The molecule has 0 unspecified atom stereocenters. The number of nitrogens with zero attached hydrogens (tertiary/aromatic N) is 3. The molecule has 3 aromatic rings. The lowest BCUT2D eigenvalue weighted by molar-refractivity contribution is 0.252. The lowest BCUT2D eigenvalue weighted by Gasteiger charge is -2.10. The molecule has 0 spiro atoms. The van der Waals surface area contributed by atoms with Crippen LogP contribution in [0.4, 0.5) is 27.9 Å². The van der Waals surface area contributed by atoms with E-state index in [9.17, 15) is 4.79 Å². The van der Waals surface area contributed by atoms with Crippen LogP contribution in [0.15, 0.2) is 48.7 Å². The van der Waals surface area contributed by atoms with E-state index in [1.165, 1.54) is 0 Å². The summed E-state index contributed by atoms with van der Waals surface area (Å²) in [6.45, 7) is 4.82. The van der Waals surface area contributed by atoms with Gasteiger partial charge in [0, 0.05) is 19.3 Å². The van der Waals surface area contributed by atoms with Gasteiger partial charge in [-0.05, 0) is 55.3 Å². The van der Waals surface area contributed by atoms with E-state index in [1.54, 1.807) is 30.5 Å². The highest BCUT2D eigenvalue weighted by atomic mass is 35.5. The maximum absolute atomic E-state index is 11.9. The Morgan fingerprint density at radius 3 is 2.34 bits per heavy atom. The van der Waals surface area contributed by atoms with Crippen molar-refractivity contribution in [1.29, 1.82) is 0 Å². The molecule has 2 amide bonds. The second kappa shape index (κ2) is 9.70. The van der Waals surface area contributed by atoms with Crippen LogP contribution in [0.3, 0.4) is 0 Å². The van der Waals surface area contributed by atoms with E-state index in [-0.39, 0.29) is 6.03 Å². The van der Waals surface area contributed by atoms with Gasteiger partial charge in [0.25, 0.3) is 0 Å². The maximum Gasteiger partial charge on any atom is 0.319 e. The van der Waals surface area contributed by atoms with Gasteiger partial charge >= 0.3 is 6.03 Å². The second-order valence-corrected chi connectivity index (χ2v) is 6.85. The molecule has 150 valence electrons. The molecule has 1 aromatic carbocycles. The number of urea groups is 1. The van der Waals surface area contributed by atoms with E-state index < -0.39 is 0 Å². The third-order valence-electron chi connectivity index (χ3n) is 3.92. The number of anilines is 4. The van der Waals surface area contributed by atoms with Crippen molar-refractivity contribution >= 4 is 40.8 Å². The molecule has 29 heavy (non-hydrogen) atoms. The SMILES string of the molecule is Cc1ccc(Nc2ccc(NCCNC(=O)Nc3ccc(C)cc3Cl)nn2)nc1. The van der Waals surface area contributed by atoms with Crippen LogP contribution in [-0.2, 0) is 0 Å². The van der Waals surface area contributed by atoms with Crippen LogP contribution in [0, 0.1) is 13.8 Å². The fourth-order valence-electron chi connectivity index (χ4n) is 2.42. The van der Waals surface area contributed by atoms with Crippen LogP contribution in [0.5, 0.6) is 0 Å². The number of rotatable bonds is 7. The number of halogens is 1. The number of hydrogen-bond acceptors (Lipinski definition) is 6. The van der Waals surface area contributed by atoms with Gasteiger partial charge in [0.05, 0.1) is 10.7 Å². The number of amides is 2. The van der Waals surface area contributed by atoms with Crippen molar-refractivity contribution in [3.63, 3.8) is 0 Å². The van der Waals surface area contributed by atoms with E-state index in [0.717, 1.165) is 11.1 Å². The molecule has 3 rings (SSSR count). The molecular formula is C20H22ClN7O. The second-order valence-electron chi connectivity index (χ2n) is 6.44. The van der Waals surface area contributed by atoms with Crippen LogP contribution in [0.2, 0.25) is 5.02 Å². The first-order chi connectivity index (χ1) is 14.0. The Labute approximate surface area is 174 Å². The number of aryl methyl sites for hydroxylation is 2. The van der Waals surface area contributed by atoms with Crippen LogP contribution >= 0.6 is 11.6 Å². The van der Waals surface area contributed by atoms with Crippen molar-refractivity contribution < 1.29 is 4.79 Å². The molecule has 0 aliphatic rings. The molecule has 2 heterocycles. The Hall–Kier alpha value is -3.39. The minimum Gasteiger partial charge on any atom is -0.367 e. The molecule has 9 heteroatoms. The molecule has 0 aliphatic carbocycles. The monoisotopic (exact) mass is 411 g/mol. The van der Waals surface area contributed by atoms with E-state index >= 15 is 0 Å². The van der Waals surface area contributed by atoms with Crippen LogP contribution in [0.25, 0.3) is 0 Å².